The molecule has 0 saturated heterocycles. The number of aromatic nitrogens is 2. The summed E-state index contributed by atoms with van der Waals surface area (Å²) in [6.07, 6.45) is 0. The first-order chi connectivity index (χ1) is 13.5. The molecule has 0 aliphatic heterocycles. The van der Waals surface area contributed by atoms with E-state index in [1.807, 2.05) is 42.2 Å². The molecule has 2 aromatic carbocycles. The predicted octanol–water partition coefficient (Wildman–Crippen LogP) is 4.40. The molecule has 3 aromatic rings. The number of ketones is 1. The maximum absolute atomic E-state index is 12.7. The molecular formula is C22H22N4O2. The number of nitrogens with one attached hydrogen (secondary N) is 1. The first-order valence-corrected chi connectivity index (χ1v) is 9.08. The molecule has 0 aliphatic rings. The first-order valence-electron chi connectivity index (χ1n) is 9.08. The Bertz CT molecular complexity index is 1000. The molecule has 0 aliphatic carbocycles. The van der Waals surface area contributed by atoms with Crippen LogP contribution in [0.15, 0.2) is 60.7 Å². The summed E-state index contributed by atoms with van der Waals surface area (Å²) in [4.78, 5) is 35.1. The normalized spacial score (nSPS) is 10.4. The summed E-state index contributed by atoms with van der Waals surface area (Å²) in [6.45, 7) is 5.97. The highest BCUT2D eigenvalue weighted by Gasteiger charge is 2.15. The van der Waals surface area contributed by atoms with Crippen LogP contribution in [-0.4, -0.2) is 28.2 Å². The highest BCUT2D eigenvalue weighted by Crippen LogP contribution is 2.24. The molecule has 6 nitrogen and oxygen atoms in total. The minimum absolute atomic E-state index is 0.0577. The summed E-state index contributed by atoms with van der Waals surface area (Å²) >= 11 is 0. The SMILES string of the molecule is CCN(c1ccccc1)c1cc(C(=O)Nc2cccc(C(C)=O)c2)nc(C)n1. The highest BCUT2D eigenvalue weighted by atomic mass is 16.2. The van der Waals surface area contributed by atoms with Gasteiger partial charge in [0.1, 0.15) is 17.3 Å². The van der Waals surface area contributed by atoms with Crippen molar-refractivity contribution >= 4 is 28.9 Å². The fraction of sp³-hybridized carbons (Fsp3) is 0.182. The number of carbonyl (C=O) groups excluding carboxylic acids is 2. The maximum atomic E-state index is 12.7. The zero-order valence-corrected chi connectivity index (χ0v) is 16.1. The van der Waals surface area contributed by atoms with Gasteiger partial charge in [0.2, 0.25) is 0 Å². The van der Waals surface area contributed by atoms with E-state index in [0.29, 0.717) is 29.4 Å². The quantitative estimate of drug-likeness (QED) is 0.647. The standard InChI is InChI=1S/C22H22N4O2/c1-4-26(19-11-6-5-7-12-19)21-14-20(23-16(3)24-21)22(28)25-18-10-8-9-17(13-18)15(2)27/h5-14H,4H2,1-3H3,(H,25,28). The number of benzene rings is 2. The number of aryl methyl sites for hydroxylation is 1. The number of rotatable bonds is 6. The first kappa shape index (κ1) is 19.2. The Kier molecular flexibility index (Phi) is 5.79. The van der Waals surface area contributed by atoms with Crippen molar-refractivity contribution in [2.24, 2.45) is 0 Å². The van der Waals surface area contributed by atoms with Crippen molar-refractivity contribution in [1.82, 2.24) is 9.97 Å². The van der Waals surface area contributed by atoms with Crippen LogP contribution in [0.5, 0.6) is 0 Å². The van der Waals surface area contributed by atoms with Crippen LogP contribution in [0.25, 0.3) is 0 Å². The molecule has 1 amide bonds. The molecule has 1 aromatic heterocycles. The third kappa shape index (κ3) is 4.40. The largest absolute Gasteiger partial charge is 0.327 e. The average Bonchev–Trinajstić information content (AvgIpc) is 2.69. The van der Waals surface area contributed by atoms with Gasteiger partial charge in [0.05, 0.1) is 0 Å². The molecule has 0 fully saturated rings. The summed E-state index contributed by atoms with van der Waals surface area (Å²) in [5.41, 5.74) is 2.35. The zero-order valence-electron chi connectivity index (χ0n) is 16.1. The van der Waals surface area contributed by atoms with E-state index < -0.39 is 0 Å². The topological polar surface area (TPSA) is 75.2 Å². The van der Waals surface area contributed by atoms with Crippen LogP contribution in [0.1, 0.15) is 40.5 Å². The molecule has 0 saturated carbocycles. The average molecular weight is 374 g/mol. The van der Waals surface area contributed by atoms with Crippen LogP contribution in [0.4, 0.5) is 17.2 Å². The van der Waals surface area contributed by atoms with E-state index in [0.717, 1.165) is 5.69 Å². The smallest absolute Gasteiger partial charge is 0.274 e. The number of carbonyl (C=O) groups is 2. The molecule has 0 atom stereocenters. The van der Waals surface area contributed by atoms with E-state index in [9.17, 15) is 9.59 Å². The van der Waals surface area contributed by atoms with Crippen molar-refractivity contribution in [1.29, 1.82) is 0 Å². The monoisotopic (exact) mass is 374 g/mol. The van der Waals surface area contributed by atoms with Gasteiger partial charge in [0.15, 0.2) is 5.78 Å². The molecule has 1 N–H and O–H groups in total. The zero-order chi connectivity index (χ0) is 20.1. The van der Waals surface area contributed by atoms with Crippen molar-refractivity contribution in [3.8, 4) is 0 Å². The Labute approximate surface area is 164 Å². The lowest BCUT2D eigenvalue weighted by Gasteiger charge is -2.22. The molecule has 6 heteroatoms. The number of anilines is 3. The Hall–Kier alpha value is -3.54. The summed E-state index contributed by atoms with van der Waals surface area (Å²) in [5.74, 6) is 0.757. The van der Waals surface area contributed by atoms with Crippen LogP contribution in [0.3, 0.4) is 0 Å². The van der Waals surface area contributed by atoms with Crippen molar-refractivity contribution in [2.75, 3.05) is 16.8 Å². The lowest BCUT2D eigenvalue weighted by Crippen LogP contribution is -2.21. The van der Waals surface area contributed by atoms with Gasteiger partial charge in [-0.1, -0.05) is 30.3 Å². The fourth-order valence-electron chi connectivity index (χ4n) is 2.90. The van der Waals surface area contributed by atoms with E-state index in [2.05, 4.69) is 15.3 Å². The highest BCUT2D eigenvalue weighted by molar-refractivity contribution is 6.04. The van der Waals surface area contributed by atoms with Gasteiger partial charge >= 0.3 is 0 Å². The minimum Gasteiger partial charge on any atom is -0.327 e. The molecule has 0 bridgehead atoms. The van der Waals surface area contributed by atoms with E-state index in [1.165, 1.54) is 6.92 Å². The third-order valence-electron chi connectivity index (χ3n) is 4.24. The molecule has 0 radical (unpaired) electrons. The van der Waals surface area contributed by atoms with Crippen molar-refractivity contribution in [3.63, 3.8) is 0 Å². The lowest BCUT2D eigenvalue weighted by atomic mass is 10.1. The van der Waals surface area contributed by atoms with Gasteiger partial charge in [0, 0.05) is 29.5 Å². The van der Waals surface area contributed by atoms with Crippen LogP contribution < -0.4 is 10.2 Å². The molecule has 0 spiro atoms. The summed E-state index contributed by atoms with van der Waals surface area (Å²) in [5, 5.41) is 2.80. The second kappa shape index (κ2) is 8.43. The van der Waals surface area contributed by atoms with Crippen LogP contribution in [0.2, 0.25) is 0 Å². The predicted molar refractivity (Wildman–Crippen MR) is 110 cm³/mol. The lowest BCUT2D eigenvalue weighted by molar-refractivity contribution is 0.100. The Morgan fingerprint density at radius 2 is 1.75 bits per heavy atom. The number of nitrogens with zero attached hydrogens (tertiary/aromatic N) is 3. The van der Waals surface area contributed by atoms with Gasteiger partial charge in [0.25, 0.3) is 5.91 Å². The van der Waals surface area contributed by atoms with Gasteiger partial charge < -0.3 is 10.2 Å². The summed E-state index contributed by atoms with van der Waals surface area (Å²) in [6, 6.07) is 18.4. The number of para-hydroxylation sites is 1. The fourth-order valence-corrected chi connectivity index (χ4v) is 2.90. The van der Waals surface area contributed by atoms with Crippen molar-refractivity contribution < 1.29 is 9.59 Å². The second-order valence-corrected chi connectivity index (χ2v) is 6.33. The van der Waals surface area contributed by atoms with Gasteiger partial charge in [-0.15, -0.1) is 0 Å². The number of hydrogen-bond donors (Lipinski definition) is 1. The maximum Gasteiger partial charge on any atom is 0.274 e. The van der Waals surface area contributed by atoms with E-state index in [1.54, 1.807) is 37.3 Å². The van der Waals surface area contributed by atoms with E-state index in [4.69, 9.17) is 0 Å². The van der Waals surface area contributed by atoms with E-state index >= 15 is 0 Å². The number of amides is 1. The number of Topliss-reactive ketones (excluding diaryl/α,β-unsaturated/α-hetero) is 1. The van der Waals surface area contributed by atoms with Crippen LogP contribution in [0, 0.1) is 6.92 Å². The Morgan fingerprint density at radius 3 is 2.43 bits per heavy atom. The molecule has 142 valence electrons. The van der Waals surface area contributed by atoms with Crippen molar-refractivity contribution in [2.45, 2.75) is 20.8 Å². The van der Waals surface area contributed by atoms with Crippen LogP contribution >= 0.6 is 0 Å². The van der Waals surface area contributed by atoms with Crippen molar-refractivity contribution in [3.05, 3.63) is 77.7 Å². The molecule has 1 heterocycles. The van der Waals surface area contributed by atoms with Gasteiger partial charge in [-0.25, -0.2) is 9.97 Å². The van der Waals surface area contributed by atoms with Crippen LogP contribution in [-0.2, 0) is 0 Å². The Morgan fingerprint density at radius 1 is 1.00 bits per heavy atom. The second-order valence-electron chi connectivity index (χ2n) is 6.33. The summed E-state index contributed by atoms with van der Waals surface area (Å²) < 4.78 is 0. The molecule has 0 unspecified atom stereocenters. The molecular weight excluding hydrogens is 352 g/mol. The van der Waals surface area contributed by atoms with Gasteiger partial charge in [-0.3, -0.25) is 9.59 Å². The molecule has 3 rings (SSSR count). The molecule has 28 heavy (non-hydrogen) atoms. The van der Waals surface area contributed by atoms with Gasteiger partial charge in [-0.05, 0) is 45.0 Å². The summed E-state index contributed by atoms with van der Waals surface area (Å²) in [7, 11) is 0. The minimum atomic E-state index is -0.350. The van der Waals surface area contributed by atoms with E-state index in [-0.39, 0.29) is 17.4 Å². The Balaban J connectivity index is 1.89. The number of hydrogen-bond acceptors (Lipinski definition) is 5. The van der Waals surface area contributed by atoms with Gasteiger partial charge in [-0.2, -0.15) is 0 Å². The third-order valence-corrected chi connectivity index (χ3v) is 4.24.